The van der Waals surface area contributed by atoms with Crippen molar-refractivity contribution in [1.82, 2.24) is 14.8 Å². The van der Waals surface area contributed by atoms with Crippen LogP contribution < -0.4 is 4.90 Å². The second-order valence-electron chi connectivity index (χ2n) is 5.47. The Morgan fingerprint density at radius 1 is 1.30 bits per heavy atom. The molecule has 0 radical (unpaired) electrons. The van der Waals surface area contributed by atoms with Gasteiger partial charge in [0.1, 0.15) is 0 Å². The van der Waals surface area contributed by atoms with Gasteiger partial charge in [-0.2, -0.15) is 5.10 Å². The Morgan fingerprint density at radius 2 is 2.15 bits per heavy atom. The fourth-order valence-corrected chi connectivity index (χ4v) is 3.65. The number of anilines is 1. The van der Waals surface area contributed by atoms with Crippen molar-refractivity contribution in [3.05, 3.63) is 42.2 Å². The number of aryl methyl sites for hydroxylation is 1. The average Bonchev–Trinajstić information content (AvgIpc) is 2.98. The number of fused-ring (bicyclic) bond motifs is 1. The largest absolute Gasteiger partial charge is 0.347 e. The molecule has 0 saturated carbocycles. The van der Waals surface area contributed by atoms with Crippen molar-refractivity contribution >= 4 is 26.7 Å². The summed E-state index contributed by atoms with van der Waals surface area (Å²) in [5.41, 5.74) is 2.34. The lowest BCUT2D eigenvalue weighted by Gasteiger charge is -2.39. The minimum absolute atomic E-state index is 0.682. The third-order valence-corrected chi connectivity index (χ3v) is 4.82. The second kappa shape index (κ2) is 4.59. The van der Waals surface area contributed by atoms with Crippen molar-refractivity contribution in [2.24, 2.45) is 5.92 Å². The van der Waals surface area contributed by atoms with Crippen molar-refractivity contribution in [2.75, 3.05) is 18.0 Å². The third kappa shape index (κ3) is 2.08. The highest BCUT2D eigenvalue weighted by Crippen LogP contribution is 2.33. The van der Waals surface area contributed by atoms with Gasteiger partial charge in [0.15, 0.2) is 5.13 Å². The molecule has 0 atom stereocenters. The summed E-state index contributed by atoms with van der Waals surface area (Å²) in [6, 6.07) is 8.34. The van der Waals surface area contributed by atoms with Crippen LogP contribution in [0.15, 0.2) is 36.7 Å². The number of hydrogen-bond donors (Lipinski definition) is 0. The molecule has 4 nitrogen and oxygen atoms in total. The summed E-state index contributed by atoms with van der Waals surface area (Å²) in [6.45, 7) is 5.25. The molecule has 1 fully saturated rings. The molecule has 102 valence electrons. The number of aromatic nitrogens is 3. The molecular formula is C15H16N4S. The Labute approximate surface area is 121 Å². The van der Waals surface area contributed by atoms with Crippen LogP contribution in [0.2, 0.25) is 0 Å². The molecule has 0 unspecified atom stereocenters. The first-order valence-corrected chi connectivity index (χ1v) is 7.69. The summed E-state index contributed by atoms with van der Waals surface area (Å²) in [4.78, 5) is 7.07. The molecule has 0 bridgehead atoms. The predicted octanol–water partition coefficient (Wildman–Crippen LogP) is 2.94. The van der Waals surface area contributed by atoms with Gasteiger partial charge in [-0.25, -0.2) is 4.98 Å². The summed E-state index contributed by atoms with van der Waals surface area (Å²) < 4.78 is 3.32. The van der Waals surface area contributed by atoms with Gasteiger partial charge in [-0.1, -0.05) is 23.5 Å². The lowest BCUT2D eigenvalue weighted by molar-refractivity contribution is 0.342. The Hall–Kier alpha value is -1.88. The number of benzene rings is 1. The first-order valence-electron chi connectivity index (χ1n) is 6.87. The van der Waals surface area contributed by atoms with Gasteiger partial charge in [-0.15, -0.1) is 0 Å². The normalized spacial score (nSPS) is 15.8. The molecule has 1 aliphatic heterocycles. The number of nitrogens with zero attached hydrogens (tertiary/aromatic N) is 4. The number of hydrogen-bond acceptors (Lipinski definition) is 4. The summed E-state index contributed by atoms with van der Waals surface area (Å²) in [5, 5.41) is 5.51. The highest BCUT2D eigenvalue weighted by molar-refractivity contribution is 7.22. The molecule has 4 rings (SSSR count). The van der Waals surface area contributed by atoms with Crippen LogP contribution in [0.25, 0.3) is 10.2 Å². The molecule has 20 heavy (non-hydrogen) atoms. The van der Waals surface area contributed by atoms with E-state index in [1.54, 1.807) is 11.3 Å². The summed E-state index contributed by atoms with van der Waals surface area (Å²) >= 11 is 1.79. The fraction of sp³-hybridized carbons (Fsp3) is 0.333. The van der Waals surface area contributed by atoms with Gasteiger partial charge in [0.2, 0.25) is 0 Å². The monoisotopic (exact) mass is 284 g/mol. The maximum Gasteiger partial charge on any atom is 0.186 e. The Bertz CT molecular complexity index is 706. The first-order chi connectivity index (χ1) is 9.78. The van der Waals surface area contributed by atoms with Crippen LogP contribution in [0.3, 0.4) is 0 Å². The molecule has 1 saturated heterocycles. The molecule has 0 spiro atoms. The first kappa shape index (κ1) is 11.9. The van der Waals surface area contributed by atoms with E-state index in [2.05, 4.69) is 46.0 Å². The molecule has 0 N–H and O–H groups in total. The second-order valence-corrected chi connectivity index (χ2v) is 6.48. The third-order valence-electron chi connectivity index (χ3n) is 3.72. The number of thiazole rings is 1. The Morgan fingerprint density at radius 3 is 2.90 bits per heavy atom. The van der Waals surface area contributed by atoms with Crippen LogP contribution in [0.5, 0.6) is 0 Å². The predicted molar refractivity (Wildman–Crippen MR) is 82.3 cm³/mol. The van der Waals surface area contributed by atoms with Gasteiger partial charge >= 0.3 is 0 Å². The lowest BCUT2D eigenvalue weighted by atomic mass is 10.0. The van der Waals surface area contributed by atoms with E-state index in [0.717, 1.165) is 30.3 Å². The lowest BCUT2D eigenvalue weighted by Crippen LogP contribution is -2.48. The summed E-state index contributed by atoms with van der Waals surface area (Å²) in [5.74, 6) is 0.682. The maximum absolute atomic E-state index is 4.70. The zero-order chi connectivity index (χ0) is 13.5. The quantitative estimate of drug-likeness (QED) is 0.741. The van der Waals surface area contributed by atoms with E-state index in [4.69, 9.17) is 4.98 Å². The molecule has 5 heteroatoms. The Balaban J connectivity index is 1.43. The van der Waals surface area contributed by atoms with Crippen molar-refractivity contribution in [1.29, 1.82) is 0 Å². The molecule has 1 aliphatic rings. The zero-order valence-corrected chi connectivity index (χ0v) is 12.2. The van der Waals surface area contributed by atoms with E-state index < -0.39 is 0 Å². The van der Waals surface area contributed by atoms with Crippen molar-refractivity contribution in [2.45, 2.75) is 13.5 Å². The Kier molecular flexibility index (Phi) is 2.73. The molecule has 0 aliphatic carbocycles. The summed E-state index contributed by atoms with van der Waals surface area (Å²) in [6.07, 6.45) is 4.03. The average molecular weight is 284 g/mol. The SMILES string of the molecule is Cc1cnn(CC2CN(c3nc4ccccc4s3)C2)c1. The van der Waals surface area contributed by atoms with Crippen LogP contribution in [0, 0.1) is 12.8 Å². The zero-order valence-electron chi connectivity index (χ0n) is 11.4. The van der Waals surface area contributed by atoms with E-state index >= 15 is 0 Å². The molecule has 1 aromatic carbocycles. The molecule has 0 amide bonds. The van der Waals surface area contributed by atoms with E-state index in [1.807, 2.05) is 12.3 Å². The topological polar surface area (TPSA) is 34.0 Å². The van der Waals surface area contributed by atoms with Gasteiger partial charge in [0.25, 0.3) is 0 Å². The van der Waals surface area contributed by atoms with Crippen LogP contribution in [-0.2, 0) is 6.54 Å². The smallest absolute Gasteiger partial charge is 0.186 e. The minimum Gasteiger partial charge on any atom is -0.347 e. The highest BCUT2D eigenvalue weighted by atomic mass is 32.1. The van der Waals surface area contributed by atoms with E-state index in [-0.39, 0.29) is 0 Å². The molecule has 3 aromatic rings. The van der Waals surface area contributed by atoms with Gasteiger partial charge in [0, 0.05) is 31.7 Å². The number of rotatable bonds is 3. The van der Waals surface area contributed by atoms with Crippen LogP contribution >= 0.6 is 11.3 Å². The standard InChI is InChI=1S/C15H16N4S/c1-11-6-16-19(7-11)10-12-8-18(9-12)15-17-13-4-2-3-5-14(13)20-15/h2-7,12H,8-10H2,1H3. The van der Waals surface area contributed by atoms with Crippen LogP contribution in [-0.4, -0.2) is 27.9 Å². The van der Waals surface area contributed by atoms with Gasteiger partial charge in [0.05, 0.1) is 16.4 Å². The van der Waals surface area contributed by atoms with Crippen molar-refractivity contribution in [3.63, 3.8) is 0 Å². The van der Waals surface area contributed by atoms with Crippen molar-refractivity contribution in [3.8, 4) is 0 Å². The maximum atomic E-state index is 4.70. The highest BCUT2D eigenvalue weighted by Gasteiger charge is 2.29. The van der Waals surface area contributed by atoms with Gasteiger partial charge in [-0.3, -0.25) is 4.68 Å². The van der Waals surface area contributed by atoms with E-state index in [1.165, 1.54) is 10.3 Å². The van der Waals surface area contributed by atoms with E-state index in [9.17, 15) is 0 Å². The van der Waals surface area contributed by atoms with Crippen LogP contribution in [0.1, 0.15) is 5.56 Å². The van der Waals surface area contributed by atoms with Gasteiger partial charge < -0.3 is 4.90 Å². The molecular weight excluding hydrogens is 268 g/mol. The molecule has 2 aromatic heterocycles. The number of para-hydroxylation sites is 1. The fourth-order valence-electron chi connectivity index (χ4n) is 2.67. The van der Waals surface area contributed by atoms with Crippen LogP contribution in [0.4, 0.5) is 5.13 Å². The van der Waals surface area contributed by atoms with E-state index in [0.29, 0.717) is 5.92 Å². The van der Waals surface area contributed by atoms with Gasteiger partial charge in [-0.05, 0) is 24.6 Å². The minimum atomic E-state index is 0.682. The van der Waals surface area contributed by atoms with Crippen molar-refractivity contribution < 1.29 is 0 Å². The summed E-state index contributed by atoms with van der Waals surface area (Å²) in [7, 11) is 0. The molecule has 3 heterocycles.